The zero-order valence-electron chi connectivity index (χ0n) is 9.53. The summed E-state index contributed by atoms with van der Waals surface area (Å²) >= 11 is 3.33. The predicted molar refractivity (Wildman–Crippen MR) is 67.7 cm³/mol. The fourth-order valence-electron chi connectivity index (χ4n) is 1.55. The highest BCUT2D eigenvalue weighted by Gasteiger charge is 2.23. The van der Waals surface area contributed by atoms with Gasteiger partial charge in [0.25, 0.3) is 5.56 Å². The lowest BCUT2D eigenvalue weighted by Gasteiger charge is -2.12. The van der Waals surface area contributed by atoms with Gasteiger partial charge >= 0.3 is 0 Å². The molecule has 5 heteroatoms. The van der Waals surface area contributed by atoms with E-state index in [1.165, 1.54) is 12.8 Å². The molecular formula is C11H16BrN3O. The fraction of sp³-hybridized carbons (Fsp3) is 0.636. The lowest BCUT2D eigenvalue weighted by atomic mass is 10.3. The summed E-state index contributed by atoms with van der Waals surface area (Å²) in [6.07, 6.45) is 4.16. The molecule has 1 N–H and O–H groups in total. The number of aromatic nitrogens is 2. The first-order valence-electron chi connectivity index (χ1n) is 5.60. The normalized spacial score (nSPS) is 15.5. The van der Waals surface area contributed by atoms with Crippen molar-refractivity contribution in [3.8, 4) is 0 Å². The molecule has 0 aliphatic heterocycles. The number of nitrogens with zero attached hydrogens (tertiary/aromatic N) is 2. The Morgan fingerprint density at radius 3 is 2.88 bits per heavy atom. The highest BCUT2D eigenvalue weighted by atomic mass is 79.9. The molecule has 1 fully saturated rings. The van der Waals surface area contributed by atoms with Gasteiger partial charge in [-0.25, -0.2) is 4.68 Å². The Hall–Kier alpha value is -0.840. The predicted octanol–water partition coefficient (Wildman–Crippen LogP) is 2.24. The highest BCUT2D eigenvalue weighted by Crippen LogP contribution is 2.30. The van der Waals surface area contributed by atoms with E-state index in [-0.39, 0.29) is 11.6 Å². The topological polar surface area (TPSA) is 46.9 Å². The van der Waals surface area contributed by atoms with Crippen LogP contribution in [-0.4, -0.2) is 15.8 Å². The second kappa shape index (κ2) is 4.57. The summed E-state index contributed by atoms with van der Waals surface area (Å²) in [7, 11) is 0. The van der Waals surface area contributed by atoms with Crippen molar-refractivity contribution in [2.45, 2.75) is 39.3 Å². The average Bonchev–Trinajstić information content (AvgIpc) is 3.01. The molecule has 0 spiro atoms. The van der Waals surface area contributed by atoms with Crippen molar-refractivity contribution < 1.29 is 0 Å². The van der Waals surface area contributed by atoms with E-state index in [9.17, 15) is 4.79 Å². The molecule has 1 aliphatic carbocycles. The molecule has 0 bridgehead atoms. The van der Waals surface area contributed by atoms with E-state index in [1.807, 2.05) is 13.8 Å². The van der Waals surface area contributed by atoms with Crippen molar-refractivity contribution in [3.63, 3.8) is 0 Å². The summed E-state index contributed by atoms with van der Waals surface area (Å²) in [5.41, 5.74) is 0.726. The van der Waals surface area contributed by atoms with E-state index < -0.39 is 0 Å². The molecule has 0 atom stereocenters. The Morgan fingerprint density at radius 1 is 1.62 bits per heavy atom. The molecule has 4 nitrogen and oxygen atoms in total. The zero-order chi connectivity index (χ0) is 11.7. The Labute approximate surface area is 103 Å². The van der Waals surface area contributed by atoms with Crippen molar-refractivity contribution in [1.29, 1.82) is 0 Å². The van der Waals surface area contributed by atoms with Gasteiger partial charge in [-0.3, -0.25) is 4.79 Å². The molecule has 0 unspecified atom stereocenters. The van der Waals surface area contributed by atoms with E-state index in [2.05, 4.69) is 26.3 Å². The van der Waals surface area contributed by atoms with Gasteiger partial charge in [0.1, 0.15) is 4.47 Å². The van der Waals surface area contributed by atoms with Crippen LogP contribution in [0, 0.1) is 5.92 Å². The fourth-order valence-corrected chi connectivity index (χ4v) is 1.97. The monoisotopic (exact) mass is 285 g/mol. The first kappa shape index (κ1) is 11.6. The van der Waals surface area contributed by atoms with E-state index in [4.69, 9.17) is 0 Å². The van der Waals surface area contributed by atoms with Crippen LogP contribution in [0.1, 0.15) is 26.7 Å². The van der Waals surface area contributed by atoms with Crippen molar-refractivity contribution >= 4 is 21.6 Å². The third kappa shape index (κ3) is 2.64. The van der Waals surface area contributed by atoms with E-state index >= 15 is 0 Å². The molecule has 0 aromatic carbocycles. The lowest BCUT2D eigenvalue weighted by molar-refractivity contribution is 0.531. The Kier molecular flexibility index (Phi) is 3.33. The molecule has 1 heterocycles. The molecule has 88 valence electrons. The molecule has 1 aliphatic rings. The molecule has 0 radical (unpaired) electrons. The van der Waals surface area contributed by atoms with Crippen molar-refractivity contribution in [2.75, 3.05) is 5.32 Å². The van der Waals surface area contributed by atoms with Crippen LogP contribution in [0.4, 0.5) is 5.69 Å². The highest BCUT2D eigenvalue weighted by molar-refractivity contribution is 9.10. The average molecular weight is 286 g/mol. The Morgan fingerprint density at radius 2 is 2.31 bits per heavy atom. The van der Waals surface area contributed by atoms with Crippen molar-refractivity contribution in [3.05, 3.63) is 21.0 Å². The van der Waals surface area contributed by atoms with Gasteiger partial charge in [0.05, 0.1) is 11.9 Å². The summed E-state index contributed by atoms with van der Waals surface area (Å²) in [5, 5.41) is 7.37. The van der Waals surface area contributed by atoms with Crippen LogP contribution in [0.15, 0.2) is 15.5 Å². The maximum Gasteiger partial charge on any atom is 0.283 e. The Bertz CT molecular complexity index is 437. The number of rotatable bonds is 4. The third-order valence-corrected chi connectivity index (χ3v) is 3.32. The number of anilines is 1. The van der Waals surface area contributed by atoms with Gasteiger partial charge < -0.3 is 5.32 Å². The number of hydrogen-bond donors (Lipinski definition) is 1. The van der Waals surface area contributed by atoms with Gasteiger partial charge in [0.15, 0.2) is 0 Å². The van der Waals surface area contributed by atoms with Crippen molar-refractivity contribution in [1.82, 2.24) is 9.78 Å². The summed E-state index contributed by atoms with van der Waals surface area (Å²) in [5.74, 6) is 0.654. The molecule has 0 amide bonds. The van der Waals surface area contributed by atoms with Gasteiger partial charge in [-0.15, -0.1) is 0 Å². The van der Waals surface area contributed by atoms with Crippen molar-refractivity contribution in [2.24, 2.45) is 5.92 Å². The summed E-state index contributed by atoms with van der Waals surface area (Å²) in [4.78, 5) is 11.9. The van der Waals surface area contributed by atoms with Crippen LogP contribution < -0.4 is 10.9 Å². The van der Waals surface area contributed by atoms with Crippen LogP contribution >= 0.6 is 15.9 Å². The molecule has 1 saturated carbocycles. The maximum absolute atomic E-state index is 11.9. The number of hydrogen-bond acceptors (Lipinski definition) is 3. The second-order valence-electron chi connectivity index (χ2n) is 4.60. The Balaban J connectivity index is 2.24. The van der Waals surface area contributed by atoms with Gasteiger partial charge in [0, 0.05) is 12.6 Å². The largest absolute Gasteiger partial charge is 0.380 e. The van der Waals surface area contributed by atoms with E-state index in [1.54, 1.807) is 10.9 Å². The molecule has 1 aromatic rings. The molecule has 1 aromatic heterocycles. The van der Waals surface area contributed by atoms with Gasteiger partial charge in [-0.05, 0) is 48.5 Å². The molecular weight excluding hydrogens is 270 g/mol. The molecule has 16 heavy (non-hydrogen) atoms. The number of halogens is 1. The van der Waals surface area contributed by atoms with Crippen LogP contribution in [-0.2, 0) is 6.54 Å². The summed E-state index contributed by atoms with van der Waals surface area (Å²) in [6.45, 7) is 4.81. The molecule has 2 rings (SSSR count). The van der Waals surface area contributed by atoms with Crippen LogP contribution in [0.3, 0.4) is 0 Å². The zero-order valence-corrected chi connectivity index (χ0v) is 11.1. The minimum atomic E-state index is -0.0439. The van der Waals surface area contributed by atoms with Crippen LogP contribution in [0.25, 0.3) is 0 Å². The standard InChI is InChI=1S/C11H16BrN3O/c1-7(2)14-9-5-13-15(6-8-3-4-8)11(16)10(9)12/h5,7-8,14H,3-4,6H2,1-2H3. The summed E-state index contributed by atoms with van der Waals surface area (Å²) in [6, 6.07) is 0.289. The van der Waals surface area contributed by atoms with E-state index in [0.717, 1.165) is 12.2 Å². The minimum absolute atomic E-state index is 0.0439. The smallest absolute Gasteiger partial charge is 0.283 e. The van der Waals surface area contributed by atoms with Gasteiger partial charge in [-0.2, -0.15) is 5.10 Å². The first-order chi connectivity index (χ1) is 7.58. The second-order valence-corrected chi connectivity index (χ2v) is 5.39. The third-order valence-electron chi connectivity index (χ3n) is 2.56. The van der Waals surface area contributed by atoms with Gasteiger partial charge in [0.2, 0.25) is 0 Å². The lowest BCUT2D eigenvalue weighted by Crippen LogP contribution is -2.26. The quantitative estimate of drug-likeness (QED) is 0.923. The van der Waals surface area contributed by atoms with Crippen LogP contribution in [0.5, 0.6) is 0 Å². The SMILES string of the molecule is CC(C)Nc1cnn(CC2CC2)c(=O)c1Br. The first-order valence-corrected chi connectivity index (χ1v) is 6.39. The van der Waals surface area contributed by atoms with Gasteiger partial charge in [-0.1, -0.05) is 0 Å². The van der Waals surface area contributed by atoms with Crippen LogP contribution in [0.2, 0.25) is 0 Å². The summed E-state index contributed by atoms with van der Waals surface area (Å²) < 4.78 is 2.13. The molecule has 0 saturated heterocycles. The maximum atomic E-state index is 11.9. The minimum Gasteiger partial charge on any atom is -0.380 e. The van der Waals surface area contributed by atoms with E-state index in [0.29, 0.717) is 10.4 Å². The number of nitrogens with one attached hydrogen (secondary N) is 1.